The minimum Gasteiger partial charge on any atom is -0.497 e. The number of fused-ring (bicyclic) bond motifs is 2. The lowest BCUT2D eigenvalue weighted by atomic mass is 9.88. The highest BCUT2D eigenvalue weighted by Gasteiger charge is 2.34. The molecule has 31 heavy (non-hydrogen) atoms. The average Bonchev–Trinajstić information content (AvgIpc) is 3.25. The predicted molar refractivity (Wildman–Crippen MR) is 120 cm³/mol. The first-order valence-corrected chi connectivity index (χ1v) is 10.4. The van der Waals surface area contributed by atoms with Gasteiger partial charge in [-0.3, -0.25) is 4.90 Å². The lowest BCUT2D eigenvalue weighted by Gasteiger charge is -2.36. The molecule has 0 saturated heterocycles. The Morgan fingerprint density at radius 2 is 1.84 bits per heavy atom. The summed E-state index contributed by atoms with van der Waals surface area (Å²) in [7, 11) is 1.66. The molecule has 4 aromatic rings. The zero-order valence-electron chi connectivity index (χ0n) is 17.4. The monoisotopic (exact) mass is 412 g/mol. The Kier molecular flexibility index (Phi) is 5.08. The van der Waals surface area contributed by atoms with Crippen molar-refractivity contribution in [3.05, 3.63) is 101 Å². The van der Waals surface area contributed by atoms with E-state index in [0.717, 1.165) is 39.8 Å². The standard InChI is InChI=1S/C26H24N2O3/c1-30-20-11-12-24-22(15-20)23(16-27-24)25-21-10-6-5-9-19(21)13-14-28(25)26(29)31-17-18-7-3-2-4-8-18/h2-12,15-16,25,27H,13-14,17H2,1H3. The number of nitrogens with zero attached hydrogens (tertiary/aromatic N) is 1. The van der Waals surface area contributed by atoms with Crippen molar-refractivity contribution in [1.29, 1.82) is 0 Å². The second-order valence-electron chi connectivity index (χ2n) is 7.74. The molecule has 1 unspecified atom stereocenters. The fraction of sp³-hybridized carbons (Fsp3) is 0.192. The van der Waals surface area contributed by atoms with Crippen LogP contribution in [0.25, 0.3) is 10.9 Å². The third kappa shape index (κ3) is 3.63. The number of methoxy groups -OCH3 is 1. The number of aromatic amines is 1. The number of H-pyrrole nitrogens is 1. The van der Waals surface area contributed by atoms with Crippen molar-refractivity contribution in [1.82, 2.24) is 9.88 Å². The normalized spacial score (nSPS) is 15.5. The number of hydrogen-bond donors (Lipinski definition) is 1. The average molecular weight is 412 g/mol. The summed E-state index contributed by atoms with van der Waals surface area (Å²) in [6.07, 6.45) is 2.49. The summed E-state index contributed by atoms with van der Waals surface area (Å²) in [5.41, 5.74) is 5.42. The van der Waals surface area contributed by atoms with Crippen LogP contribution in [0.1, 0.15) is 28.3 Å². The highest BCUT2D eigenvalue weighted by molar-refractivity contribution is 5.86. The van der Waals surface area contributed by atoms with Gasteiger partial charge in [0, 0.05) is 29.2 Å². The van der Waals surface area contributed by atoms with Crippen molar-refractivity contribution in [2.75, 3.05) is 13.7 Å². The van der Waals surface area contributed by atoms with E-state index in [1.807, 2.05) is 65.7 Å². The molecule has 0 saturated carbocycles. The van der Waals surface area contributed by atoms with Gasteiger partial charge in [-0.15, -0.1) is 0 Å². The van der Waals surface area contributed by atoms with E-state index in [1.165, 1.54) is 5.56 Å². The molecular formula is C26H24N2O3. The molecule has 0 radical (unpaired) electrons. The van der Waals surface area contributed by atoms with E-state index < -0.39 is 0 Å². The molecule has 0 fully saturated rings. The van der Waals surface area contributed by atoms with Crippen LogP contribution in [0.4, 0.5) is 4.79 Å². The van der Waals surface area contributed by atoms with Gasteiger partial charge in [0.05, 0.1) is 13.2 Å². The van der Waals surface area contributed by atoms with Gasteiger partial charge in [0.2, 0.25) is 0 Å². The molecule has 0 spiro atoms. The Morgan fingerprint density at radius 3 is 2.68 bits per heavy atom. The third-order valence-corrected chi connectivity index (χ3v) is 5.94. The van der Waals surface area contributed by atoms with Gasteiger partial charge < -0.3 is 14.5 Å². The molecule has 1 atom stereocenters. The van der Waals surface area contributed by atoms with E-state index in [9.17, 15) is 4.79 Å². The van der Waals surface area contributed by atoms with Crippen molar-refractivity contribution in [2.24, 2.45) is 0 Å². The van der Waals surface area contributed by atoms with Crippen LogP contribution in [0.15, 0.2) is 79.0 Å². The van der Waals surface area contributed by atoms with Crippen molar-refractivity contribution in [3.63, 3.8) is 0 Å². The molecule has 3 aromatic carbocycles. The van der Waals surface area contributed by atoms with E-state index >= 15 is 0 Å². The van der Waals surface area contributed by atoms with Gasteiger partial charge in [-0.2, -0.15) is 0 Å². The molecule has 0 bridgehead atoms. The summed E-state index contributed by atoms with van der Waals surface area (Å²) in [5, 5.41) is 1.04. The Balaban J connectivity index is 1.53. The van der Waals surface area contributed by atoms with Crippen LogP contribution in [0.5, 0.6) is 5.75 Å². The largest absolute Gasteiger partial charge is 0.497 e. The summed E-state index contributed by atoms with van der Waals surface area (Å²) in [5.74, 6) is 0.788. The Bertz CT molecular complexity index is 1220. The maximum Gasteiger partial charge on any atom is 0.410 e. The highest BCUT2D eigenvalue weighted by atomic mass is 16.6. The lowest BCUT2D eigenvalue weighted by molar-refractivity contribution is 0.0839. The van der Waals surface area contributed by atoms with Crippen molar-refractivity contribution in [2.45, 2.75) is 19.1 Å². The fourth-order valence-electron chi connectivity index (χ4n) is 4.38. The summed E-state index contributed by atoms with van der Waals surface area (Å²) in [6.45, 7) is 0.859. The van der Waals surface area contributed by atoms with Gasteiger partial charge in [0.15, 0.2) is 0 Å². The van der Waals surface area contributed by atoms with E-state index in [2.05, 4.69) is 23.2 Å². The number of ether oxygens (including phenoxy) is 2. The molecule has 1 aliphatic heterocycles. The second-order valence-corrected chi connectivity index (χ2v) is 7.74. The summed E-state index contributed by atoms with van der Waals surface area (Å²) in [4.78, 5) is 18.4. The highest BCUT2D eigenvalue weighted by Crippen LogP contribution is 2.39. The van der Waals surface area contributed by atoms with Crippen LogP contribution in [0.3, 0.4) is 0 Å². The SMILES string of the molecule is COc1ccc2[nH]cc(C3c4ccccc4CCN3C(=O)OCc3ccccc3)c2c1. The van der Waals surface area contributed by atoms with Gasteiger partial charge >= 0.3 is 6.09 Å². The van der Waals surface area contributed by atoms with E-state index in [4.69, 9.17) is 9.47 Å². The molecule has 156 valence electrons. The van der Waals surface area contributed by atoms with E-state index in [1.54, 1.807) is 7.11 Å². The Morgan fingerprint density at radius 1 is 1.03 bits per heavy atom. The zero-order chi connectivity index (χ0) is 21.2. The zero-order valence-corrected chi connectivity index (χ0v) is 17.4. The number of rotatable bonds is 4. The number of amides is 1. The van der Waals surface area contributed by atoms with Crippen molar-refractivity contribution >= 4 is 17.0 Å². The van der Waals surface area contributed by atoms with Gasteiger partial charge in [-0.1, -0.05) is 54.6 Å². The third-order valence-electron chi connectivity index (χ3n) is 5.94. The molecule has 0 aliphatic carbocycles. The molecule has 5 rings (SSSR count). The van der Waals surface area contributed by atoms with E-state index in [-0.39, 0.29) is 18.7 Å². The van der Waals surface area contributed by atoms with Crippen LogP contribution in [-0.2, 0) is 17.8 Å². The summed E-state index contributed by atoms with van der Waals surface area (Å²) >= 11 is 0. The smallest absolute Gasteiger partial charge is 0.410 e. The number of aromatic nitrogens is 1. The molecule has 1 aromatic heterocycles. The van der Waals surface area contributed by atoms with Crippen LogP contribution in [0.2, 0.25) is 0 Å². The topological polar surface area (TPSA) is 54.6 Å². The number of nitrogens with one attached hydrogen (secondary N) is 1. The van der Waals surface area contributed by atoms with Crippen molar-refractivity contribution < 1.29 is 14.3 Å². The van der Waals surface area contributed by atoms with Crippen LogP contribution < -0.4 is 4.74 Å². The number of hydrogen-bond acceptors (Lipinski definition) is 3. The molecule has 5 heteroatoms. The Labute approximate surface area is 181 Å². The van der Waals surface area contributed by atoms with Crippen LogP contribution >= 0.6 is 0 Å². The minimum atomic E-state index is -0.305. The summed E-state index contributed by atoms with van der Waals surface area (Å²) < 4.78 is 11.2. The second kappa shape index (κ2) is 8.19. The summed E-state index contributed by atoms with van der Waals surface area (Å²) in [6, 6.07) is 23.8. The fourth-order valence-corrected chi connectivity index (χ4v) is 4.38. The molecule has 1 amide bonds. The quantitative estimate of drug-likeness (QED) is 0.484. The molecule has 1 N–H and O–H groups in total. The molecule has 5 nitrogen and oxygen atoms in total. The lowest BCUT2D eigenvalue weighted by Crippen LogP contribution is -2.40. The van der Waals surface area contributed by atoms with Gasteiger partial charge in [-0.05, 0) is 41.3 Å². The molecule has 1 aliphatic rings. The van der Waals surface area contributed by atoms with Crippen LogP contribution in [0, 0.1) is 0 Å². The first-order valence-electron chi connectivity index (χ1n) is 10.4. The van der Waals surface area contributed by atoms with Gasteiger partial charge in [-0.25, -0.2) is 4.79 Å². The minimum absolute atomic E-state index is 0.228. The maximum absolute atomic E-state index is 13.2. The first kappa shape index (κ1) is 19.2. The Hall–Kier alpha value is -3.73. The van der Waals surface area contributed by atoms with Gasteiger partial charge in [0.25, 0.3) is 0 Å². The van der Waals surface area contributed by atoms with Crippen LogP contribution in [-0.4, -0.2) is 29.6 Å². The predicted octanol–water partition coefficient (Wildman–Crippen LogP) is 5.46. The molecular weight excluding hydrogens is 388 g/mol. The van der Waals surface area contributed by atoms with E-state index in [0.29, 0.717) is 6.54 Å². The first-order chi connectivity index (χ1) is 15.2. The number of benzene rings is 3. The van der Waals surface area contributed by atoms with Gasteiger partial charge in [0.1, 0.15) is 12.4 Å². The maximum atomic E-state index is 13.2. The number of carbonyl (C=O) groups is 1. The number of carbonyl (C=O) groups excluding carboxylic acids is 1. The van der Waals surface area contributed by atoms with Crippen molar-refractivity contribution in [3.8, 4) is 5.75 Å². The molecule has 2 heterocycles.